The number of thioether (sulfide) groups is 1. The standard InChI is InChI=1S/C32H40FN5OS.2H2O.H2/c1-4-36-12-14-38(15-13-36)31-11-10-27(20-23(31)2)34-24(3)35-30-7-5-6-28(32(30)39)25-8-9-26(29(33)21-25)22-37-16-18-40-19-17-37;;;/h5-11,20-21,39H,4,12-19,22H2,1-3H3,(H,34,35);2*1H2;1H. The van der Waals surface area contributed by atoms with Gasteiger partial charge in [-0.05, 0) is 61.9 Å². The second-order valence-corrected chi connectivity index (χ2v) is 11.8. The number of nitrogens with zero attached hydrogens (tertiary/aromatic N) is 4. The molecule has 5 rings (SSSR count). The smallest absolute Gasteiger partial charge is 0.149 e. The Kier molecular flexibility index (Phi) is 12.2. The van der Waals surface area contributed by atoms with Gasteiger partial charge in [0.1, 0.15) is 23.1 Å². The van der Waals surface area contributed by atoms with Gasteiger partial charge in [-0.3, -0.25) is 4.90 Å². The van der Waals surface area contributed by atoms with Crippen LogP contribution in [0.3, 0.4) is 0 Å². The molecule has 0 radical (unpaired) electrons. The number of aliphatic imine (C=N–C) groups is 1. The molecule has 0 unspecified atom stereocenters. The maximum absolute atomic E-state index is 15.0. The van der Waals surface area contributed by atoms with Crippen LogP contribution in [0.25, 0.3) is 11.1 Å². The highest BCUT2D eigenvalue weighted by molar-refractivity contribution is 7.99. The van der Waals surface area contributed by atoms with Crippen molar-refractivity contribution in [3.05, 3.63) is 71.5 Å². The molecule has 3 aromatic rings. The summed E-state index contributed by atoms with van der Waals surface area (Å²) in [5, 5.41) is 14.4. The van der Waals surface area contributed by atoms with Crippen LogP contribution in [0.4, 0.5) is 21.5 Å². The summed E-state index contributed by atoms with van der Waals surface area (Å²) < 4.78 is 15.0. The molecule has 230 valence electrons. The maximum Gasteiger partial charge on any atom is 0.149 e. The second-order valence-electron chi connectivity index (χ2n) is 10.6. The molecule has 0 aliphatic carbocycles. The molecule has 3 aromatic carbocycles. The average Bonchev–Trinajstić information content (AvgIpc) is 2.96. The monoisotopic (exact) mass is 599 g/mol. The van der Waals surface area contributed by atoms with Gasteiger partial charge in [0.25, 0.3) is 0 Å². The van der Waals surface area contributed by atoms with Crippen molar-refractivity contribution >= 4 is 34.7 Å². The zero-order valence-electron chi connectivity index (χ0n) is 24.8. The lowest BCUT2D eigenvalue weighted by molar-refractivity contribution is 0.271. The number of para-hydroxylation sites is 1. The summed E-state index contributed by atoms with van der Waals surface area (Å²) >= 11 is 1.95. The Labute approximate surface area is 254 Å². The first-order valence-electron chi connectivity index (χ1n) is 14.2. The van der Waals surface area contributed by atoms with E-state index in [1.165, 1.54) is 17.3 Å². The topological polar surface area (TPSA) is 117 Å². The van der Waals surface area contributed by atoms with Gasteiger partial charge >= 0.3 is 0 Å². The summed E-state index contributed by atoms with van der Waals surface area (Å²) in [6, 6.07) is 17.1. The van der Waals surface area contributed by atoms with Crippen LogP contribution in [0, 0.1) is 12.7 Å². The fourth-order valence-electron chi connectivity index (χ4n) is 5.51. The van der Waals surface area contributed by atoms with Gasteiger partial charge in [0.05, 0.1) is 0 Å². The number of phenols is 1. The molecule has 2 aliphatic heterocycles. The molecule has 0 bridgehead atoms. The molecule has 0 saturated carbocycles. The first-order chi connectivity index (χ1) is 19.4. The molecule has 2 saturated heterocycles. The molecule has 6 N–H and O–H groups in total. The average molecular weight is 600 g/mol. The van der Waals surface area contributed by atoms with Gasteiger partial charge in [0, 0.05) is 81.2 Å². The summed E-state index contributed by atoms with van der Waals surface area (Å²) in [6.07, 6.45) is 0. The number of piperazine rings is 1. The fraction of sp³-hybridized carbons (Fsp3) is 0.406. The molecule has 2 aliphatic rings. The zero-order chi connectivity index (χ0) is 28.1. The maximum atomic E-state index is 15.0. The third-order valence-electron chi connectivity index (χ3n) is 7.85. The highest BCUT2D eigenvalue weighted by Gasteiger charge is 2.18. The quantitative estimate of drug-likeness (QED) is 0.293. The van der Waals surface area contributed by atoms with Crippen molar-refractivity contribution in [3.8, 4) is 16.9 Å². The fourth-order valence-corrected chi connectivity index (χ4v) is 6.49. The Balaban J connectivity index is 0.00000215. The van der Waals surface area contributed by atoms with E-state index in [2.05, 4.69) is 57.1 Å². The van der Waals surface area contributed by atoms with Crippen LogP contribution in [0.15, 0.2) is 59.6 Å². The minimum atomic E-state index is -0.243. The van der Waals surface area contributed by atoms with Gasteiger partial charge in [-0.2, -0.15) is 11.8 Å². The van der Waals surface area contributed by atoms with E-state index in [1.807, 2.05) is 36.9 Å². The van der Waals surface area contributed by atoms with Gasteiger partial charge in [0.15, 0.2) is 0 Å². The Bertz CT molecular complexity index is 1360. The van der Waals surface area contributed by atoms with Gasteiger partial charge in [-0.25, -0.2) is 9.38 Å². The van der Waals surface area contributed by atoms with E-state index < -0.39 is 0 Å². The van der Waals surface area contributed by atoms with Gasteiger partial charge in [0.2, 0.25) is 0 Å². The molecule has 2 heterocycles. The molecular weight excluding hydrogens is 553 g/mol. The number of likely N-dealkylation sites (N-methyl/N-ethyl adjacent to an activating group) is 1. The van der Waals surface area contributed by atoms with E-state index in [-0.39, 0.29) is 23.9 Å². The third kappa shape index (κ3) is 8.02. The van der Waals surface area contributed by atoms with Crippen LogP contribution in [0.5, 0.6) is 5.75 Å². The highest BCUT2D eigenvalue weighted by atomic mass is 32.2. The minimum absolute atomic E-state index is 0. The largest absolute Gasteiger partial charge is 0.505 e. The predicted molar refractivity (Wildman–Crippen MR) is 177 cm³/mol. The van der Waals surface area contributed by atoms with Crippen LogP contribution in [0.1, 0.15) is 26.4 Å². The summed E-state index contributed by atoms with van der Waals surface area (Å²) in [5.74, 6) is 2.65. The number of anilines is 2. The molecular formula is C32H46FN5O3S. The summed E-state index contributed by atoms with van der Waals surface area (Å²) in [4.78, 5) is 11.9. The molecule has 8 nitrogen and oxygen atoms in total. The number of aromatic hydroxyl groups is 1. The van der Waals surface area contributed by atoms with E-state index in [1.54, 1.807) is 12.1 Å². The number of hydrogen-bond acceptors (Lipinski definition) is 6. The van der Waals surface area contributed by atoms with Crippen LogP contribution in [-0.2, 0) is 6.54 Å². The van der Waals surface area contributed by atoms with Crippen molar-refractivity contribution in [2.24, 2.45) is 4.99 Å². The van der Waals surface area contributed by atoms with Crippen LogP contribution in [-0.4, -0.2) is 89.0 Å². The Morgan fingerprint density at radius 1 is 0.976 bits per heavy atom. The predicted octanol–water partition coefficient (Wildman–Crippen LogP) is 4.96. The number of benzene rings is 3. The SMILES string of the molecule is CCN1CCN(c2ccc(NC(C)=Nc3cccc(-c4ccc(CN5CCSCC5)c(F)c4)c3O)cc2C)CC1.O.O.[HH]. The van der Waals surface area contributed by atoms with E-state index in [0.717, 1.165) is 63.0 Å². The summed E-state index contributed by atoms with van der Waals surface area (Å²) in [6.45, 7) is 14.2. The number of aryl methyl sites for hydroxylation is 1. The molecule has 10 heteroatoms. The summed E-state index contributed by atoms with van der Waals surface area (Å²) in [7, 11) is 0. The lowest BCUT2D eigenvalue weighted by atomic mass is 10.0. The van der Waals surface area contributed by atoms with Crippen molar-refractivity contribution in [1.29, 1.82) is 0 Å². The van der Waals surface area contributed by atoms with Crippen molar-refractivity contribution in [2.75, 3.05) is 67.5 Å². The second kappa shape index (κ2) is 15.4. The number of rotatable bonds is 7. The minimum Gasteiger partial charge on any atom is -0.505 e. The van der Waals surface area contributed by atoms with E-state index in [4.69, 9.17) is 0 Å². The van der Waals surface area contributed by atoms with Crippen molar-refractivity contribution in [1.82, 2.24) is 9.80 Å². The number of amidine groups is 1. The third-order valence-corrected chi connectivity index (χ3v) is 8.79. The molecule has 0 spiro atoms. The van der Waals surface area contributed by atoms with E-state index in [0.29, 0.717) is 34.8 Å². The van der Waals surface area contributed by atoms with Crippen molar-refractivity contribution in [3.63, 3.8) is 0 Å². The van der Waals surface area contributed by atoms with Gasteiger partial charge < -0.3 is 31.2 Å². The molecule has 0 atom stereocenters. The first kappa shape index (κ1) is 33.4. The normalized spacial score (nSPS) is 16.5. The van der Waals surface area contributed by atoms with Crippen LogP contribution in [0.2, 0.25) is 0 Å². The van der Waals surface area contributed by atoms with E-state index in [9.17, 15) is 5.11 Å². The lowest BCUT2D eigenvalue weighted by Crippen LogP contribution is -2.46. The first-order valence-corrected chi connectivity index (χ1v) is 15.4. The molecule has 0 aromatic heterocycles. The lowest BCUT2D eigenvalue weighted by Gasteiger charge is -2.36. The highest BCUT2D eigenvalue weighted by Crippen LogP contribution is 2.38. The van der Waals surface area contributed by atoms with Crippen LogP contribution < -0.4 is 10.2 Å². The number of hydrogen-bond donors (Lipinski definition) is 2. The zero-order valence-corrected chi connectivity index (χ0v) is 25.6. The van der Waals surface area contributed by atoms with Gasteiger partial charge in [-0.1, -0.05) is 31.2 Å². The van der Waals surface area contributed by atoms with Gasteiger partial charge in [-0.15, -0.1) is 0 Å². The van der Waals surface area contributed by atoms with Crippen molar-refractivity contribution in [2.45, 2.75) is 27.3 Å². The summed E-state index contributed by atoms with van der Waals surface area (Å²) in [5.41, 5.74) is 5.79. The number of phenolic OH excluding ortho intramolecular Hbond substituents is 1. The molecule has 0 amide bonds. The number of nitrogens with one attached hydrogen (secondary N) is 1. The van der Waals surface area contributed by atoms with Crippen molar-refractivity contribution < 1.29 is 21.9 Å². The molecule has 42 heavy (non-hydrogen) atoms. The Morgan fingerprint density at radius 3 is 2.38 bits per heavy atom. The molecule has 2 fully saturated rings. The number of halogens is 1. The Hall–Kier alpha value is -3.15. The van der Waals surface area contributed by atoms with Crippen LogP contribution >= 0.6 is 11.8 Å². The Morgan fingerprint density at radius 2 is 1.71 bits per heavy atom. The van der Waals surface area contributed by atoms with E-state index >= 15 is 4.39 Å².